The van der Waals surface area contributed by atoms with E-state index in [1.165, 1.54) is 12.1 Å². The lowest BCUT2D eigenvalue weighted by atomic mass is 9.90. The molecule has 1 aromatic heterocycles. The number of likely N-dealkylation sites (tertiary alicyclic amines) is 1. The highest BCUT2D eigenvalue weighted by Crippen LogP contribution is 2.34. The molecule has 0 bridgehead atoms. The van der Waals surface area contributed by atoms with Crippen LogP contribution in [0.5, 0.6) is 0 Å². The molecule has 1 fully saturated rings. The van der Waals surface area contributed by atoms with E-state index in [9.17, 15) is 9.18 Å². The van der Waals surface area contributed by atoms with E-state index in [0.29, 0.717) is 18.2 Å². The molecule has 28 heavy (non-hydrogen) atoms. The molecular weight excluding hydrogens is 355 g/mol. The van der Waals surface area contributed by atoms with Crippen molar-refractivity contribution in [2.75, 3.05) is 13.1 Å². The number of aromatic amines is 1. The van der Waals surface area contributed by atoms with Crippen LogP contribution >= 0.6 is 0 Å². The van der Waals surface area contributed by atoms with Gasteiger partial charge in [0.25, 0.3) is 5.91 Å². The minimum atomic E-state index is -0.199. The second-order valence-corrected chi connectivity index (χ2v) is 7.67. The normalized spacial score (nSPS) is 16.7. The number of rotatable bonds is 3. The zero-order valence-corrected chi connectivity index (χ0v) is 15.5. The number of amides is 1. The topological polar surface area (TPSA) is 60.8 Å². The van der Waals surface area contributed by atoms with Gasteiger partial charge in [-0.15, -0.1) is 0 Å². The van der Waals surface area contributed by atoms with Gasteiger partial charge in [-0.25, -0.2) is 4.39 Å². The third-order valence-corrected chi connectivity index (χ3v) is 5.87. The molecule has 6 heteroatoms. The van der Waals surface area contributed by atoms with Crippen molar-refractivity contribution in [1.82, 2.24) is 9.88 Å². The number of aromatic nitrogens is 1. The largest absolute Gasteiger partial charge is 0.351 e. The van der Waals surface area contributed by atoms with Crippen molar-refractivity contribution >= 4 is 22.5 Å². The first-order valence-corrected chi connectivity index (χ1v) is 9.73. The molecule has 0 spiro atoms. The fourth-order valence-corrected chi connectivity index (χ4v) is 4.27. The third kappa shape index (κ3) is 3.09. The molecule has 0 unspecified atom stereocenters. The summed E-state index contributed by atoms with van der Waals surface area (Å²) in [6.07, 6.45) is 2.88. The van der Waals surface area contributed by atoms with E-state index in [2.05, 4.69) is 15.2 Å². The molecule has 5 rings (SSSR count). The zero-order chi connectivity index (χ0) is 19.1. The molecule has 2 aliphatic rings. The summed E-state index contributed by atoms with van der Waals surface area (Å²) in [5.41, 5.74) is 4.73. The SMILES string of the molecule is O=C(c1cc2c3c(ccc2[nH]1)N=NC3)N1CCC(Cc2ccc(F)cc2)CC1. The molecule has 3 heterocycles. The van der Waals surface area contributed by atoms with Gasteiger partial charge in [0.1, 0.15) is 11.5 Å². The van der Waals surface area contributed by atoms with Crippen LogP contribution in [-0.4, -0.2) is 28.9 Å². The van der Waals surface area contributed by atoms with Crippen molar-refractivity contribution in [3.8, 4) is 0 Å². The summed E-state index contributed by atoms with van der Waals surface area (Å²) in [7, 11) is 0. The summed E-state index contributed by atoms with van der Waals surface area (Å²) in [5.74, 6) is 0.385. The Kier molecular flexibility index (Phi) is 4.19. The lowest BCUT2D eigenvalue weighted by Crippen LogP contribution is -2.39. The van der Waals surface area contributed by atoms with Crippen LogP contribution in [0.25, 0.3) is 10.9 Å². The Morgan fingerprint density at radius 2 is 1.93 bits per heavy atom. The molecule has 0 aliphatic carbocycles. The molecule has 0 saturated carbocycles. The van der Waals surface area contributed by atoms with Crippen LogP contribution < -0.4 is 0 Å². The maximum absolute atomic E-state index is 13.1. The quantitative estimate of drug-likeness (QED) is 0.687. The van der Waals surface area contributed by atoms with Crippen LogP contribution in [0.15, 0.2) is 52.7 Å². The van der Waals surface area contributed by atoms with Crippen molar-refractivity contribution in [2.45, 2.75) is 25.8 Å². The highest BCUT2D eigenvalue weighted by molar-refractivity contribution is 6.00. The molecule has 1 saturated heterocycles. The van der Waals surface area contributed by atoms with E-state index in [-0.39, 0.29) is 11.7 Å². The first-order valence-electron chi connectivity index (χ1n) is 9.73. The van der Waals surface area contributed by atoms with Gasteiger partial charge in [-0.3, -0.25) is 4.79 Å². The van der Waals surface area contributed by atoms with E-state index in [0.717, 1.165) is 60.1 Å². The number of fused-ring (bicyclic) bond motifs is 3. The highest BCUT2D eigenvalue weighted by Gasteiger charge is 2.25. The summed E-state index contributed by atoms with van der Waals surface area (Å²) >= 11 is 0. The van der Waals surface area contributed by atoms with Gasteiger partial charge in [-0.2, -0.15) is 10.2 Å². The van der Waals surface area contributed by atoms with Crippen molar-refractivity contribution in [1.29, 1.82) is 0 Å². The van der Waals surface area contributed by atoms with Crippen molar-refractivity contribution in [2.24, 2.45) is 16.1 Å². The molecule has 3 aromatic rings. The Hall–Kier alpha value is -3.02. The summed E-state index contributed by atoms with van der Waals surface area (Å²) < 4.78 is 13.1. The minimum absolute atomic E-state index is 0.0528. The highest BCUT2D eigenvalue weighted by atomic mass is 19.1. The molecular formula is C22H21FN4O. The number of azo groups is 1. The van der Waals surface area contributed by atoms with E-state index in [1.807, 2.05) is 35.2 Å². The number of nitrogens with one attached hydrogen (secondary N) is 1. The van der Waals surface area contributed by atoms with E-state index in [4.69, 9.17) is 0 Å². The zero-order valence-electron chi connectivity index (χ0n) is 15.5. The Balaban J connectivity index is 1.26. The number of nitrogens with zero attached hydrogens (tertiary/aromatic N) is 3. The number of carbonyl (C=O) groups is 1. The average molecular weight is 376 g/mol. The number of hydrogen-bond acceptors (Lipinski definition) is 3. The smallest absolute Gasteiger partial charge is 0.270 e. The Morgan fingerprint density at radius 1 is 1.14 bits per heavy atom. The summed E-state index contributed by atoms with van der Waals surface area (Å²) in [5, 5.41) is 9.26. The monoisotopic (exact) mass is 376 g/mol. The number of hydrogen-bond donors (Lipinski definition) is 1. The maximum Gasteiger partial charge on any atom is 0.270 e. The van der Waals surface area contributed by atoms with E-state index >= 15 is 0 Å². The van der Waals surface area contributed by atoms with Crippen LogP contribution in [0.1, 0.15) is 34.5 Å². The van der Waals surface area contributed by atoms with Gasteiger partial charge in [0.2, 0.25) is 0 Å². The van der Waals surface area contributed by atoms with Crippen LogP contribution in [0.4, 0.5) is 10.1 Å². The van der Waals surface area contributed by atoms with Crippen LogP contribution in [-0.2, 0) is 13.0 Å². The molecule has 5 nitrogen and oxygen atoms in total. The number of halogens is 1. The van der Waals surface area contributed by atoms with E-state index in [1.54, 1.807) is 0 Å². The lowest BCUT2D eigenvalue weighted by Gasteiger charge is -2.31. The van der Waals surface area contributed by atoms with E-state index < -0.39 is 0 Å². The molecule has 1 amide bonds. The Labute approximate surface area is 162 Å². The predicted molar refractivity (Wildman–Crippen MR) is 105 cm³/mol. The third-order valence-electron chi connectivity index (χ3n) is 5.87. The summed E-state index contributed by atoms with van der Waals surface area (Å²) in [4.78, 5) is 18.2. The number of carbonyl (C=O) groups excluding carboxylic acids is 1. The molecule has 0 atom stereocenters. The predicted octanol–water partition coefficient (Wildman–Crippen LogP) is 5.00. The fourth-order valence-electron chi connectivity index (χ4n) is 4.27. The van der Waals surface area contributed by atoms with Gasteiger partial charge in [-0.1, -0.05) is 12.1 Å². The van der Waals surface area contributed by atoms with Crippen LogP contribution in [0, 0.1) is 11.7 Å². The molecule has 142 valence electrons. The first-order chi connectivity index (χ1) is 13.7. The fraction of sp³-hybridized carbons (Fsp3) is 0.318. The lowest BCUT2D eigenvalue weighted by molar-refractivity contribution is 0.0685. The summed E-state index contributed by atoms with van der Waals surface area (Å²) in [6, 6.07) is 12.6. The second-order valence-electron chi connectivity index (χ2n) is 7.67. The minimum Gasteiger partial charge on any atom is -0.351 e. The standard InChI is InChI=1S/C22H21FN4O/c23-16-3-1-14(2-4-16)11-15-7-9-27(10-8-15)22(28)21-12-17-18-13-24-26-20(18)6-5-19(17)25-21/h1-6,12,15,25H,7-11,13H2. The van der Waals surface area contributed by atoms with Crippen LogP contribution in [0.3, 0.4) is 0 Å². The maximum atomic E-state index is 13.1. The van der Waals surface area contributed by atoms with Gasteiger partial charge >= 0.3 is 0 Å². The Bertz CT molecular complexity index is 1060. The molecule has 2 aromatic carbocycles. The summed E-state index contributed by atoms with van der Waals surface area (Å²) in [6.45, 7) is 2.08. The van der Waals surface area contributed by atoms with Crippen molar-refractivity contribution in [3.63, 3.8) is 0 Å². The average Bonchev–Trinajstić information content (AvgIpc) is 3.36. The Morgan fingerprint density at radius 3 is 2.71 bits per heavy atom. The van der Waals surface area contributed by atoms with Gasteiger partial charge in [0.15, 0.2) is 0 Å². The van der Waals surface area contributed by atoms with Gasteiger partial charge in [0, 0.05) is 29.6 Å². The number of H-pyrrole nitrogens is 1. The molecule has 2 aliphatic heterocycles. The number of benzene rings is 2. The van der Waals surface area contributed by atoms with Gasteiger partial charge in [0.05, 0.1) is 12.2 Å². The van der Waals surface area contributed by atoms with Crippen molar-refractivity contribution in [3.05, 3.63) is 65.1 Å². The second kappa shape index (κ2) is 6.86. The molecule has 0 radical (unpaired) electrons. The molecule has 1 N–H and O–H groups in total. The van der Waals surface area contributed by atoms with Gasteiger partial charge < -0.3 is 9.88 Å². The van der Waals surface area contributed by atoms with Crippen LogP contribution in [0.2, 0.25) is 0 Å². The number of piperidine rings is 1. The van der Waals surface area contributed by atoms with Gasteiger partial charge in [-0.05, 0) is 61.1 Å². The first kappa shape index (κ1) is 17.1. The van der Waals surface area contributed by atoms with Crippen molar-refractivity contribution < 1.29 is 9.18 Å².